The number of hydrogen-bond donors (Lipinski definition) is 0. The third-order valence-electron chi connectivity index (χ3n) is 4.49. The van der Waals surface area contributed by atoms with Gasteiger partial charge in [-0.3, -0.25) is 4.79 Å². The maximum Gasteiger partial charge on any atom is 0.310 e. The van der Waals surface area contributed by atoms with E-state index in [2.05, 4.69) is 47.7 Å². The molecule has 0 aliphatic heterocycles. The lowest BCUT2D eigenvalue weighted by atomic mass is 10.0. The zero-order valence-electron chi connectivity index (χ0n) is 14.7. The van der Waals surface area contributed by atoms with Gasteiger partial charge in [0.25, 0.3) is 0 Å². The van der Waals surface area contributed by atoms with Crippen molar-refractivity contribution in [2.24, 2.45) is 0 Å². The highest BCUT2D eigenvalue weighted by molar-refractivity contribution is 14.1. The van der Waals surface area contributed by atoms with Crippen LogP contribution >= 0.6 is 22.6 Å². The lowest BCUT2D eigenvalue weighted by Crippen LogP contribution is -2.10. The van der Waals surface area contributed by atoms with E-state index in [1.54, 1.807) is 6.92 Å². The fourth-order valence-corrected chi connectivity index (χ4v) is 3.73. The molecule has 0 radical (unpaired) electrons. The molecule has 1 aliphatic carbocycles. The summed E-state index contributed by atoms with van der Waals surface area (Å²) in [7, 11) is 0. The summed E-state index contributed by atoms with van der Waals surface area (Å²) in [6.45, 7) is 4.37. The van der Waals surface area contributed by atoms with Crippen LogP contribution in [0.3, 0.4) is 0 Å². The highest BCUT2D eigenvalue weighted by Crippen LogP contribution is 2.44. The number of hydrogen-bond acceptors (Lipinski definition) is 3. The van der Waals surface area contributed by atoms with Crippen molar-refractivity contribution in [1.82, 2.24) is 0 Å². The molecule has 0 spiro atoms. The Kier molecular flexibility index (Phi) is 5.99. The van der Waals surface area contributed by atoms with Crippen LogP contribution in [0.25, 0.3) is 0 Å². The quantitative estimate of drug-likeness (QED) is 0.312. The van der Waals surface area contributed by atoms with Gasteiger partial charge in [0.2, 0.25) is 0 Å². The Morgan fingerprint density at radius 1 is 1.20 bits per heavy atom. The molecule has 0 unspecified atom stereocenters. The maximum absolute atomic E-state index is 11.8. The van der Waals surface area contributed by atoms with Gasteiger partial charge in [-0.25, -0.2) is 0 Å². The zero-order chi connectivity index (χ0) is 17.8. The first-order chi connectivity index (χ1) is 12.1. The van der Waals surface area contributed by atoms with Crippen LogP contribution in [-0.4, -0.2) is 5.97 Å². The van der Waals surface area contributed by atoms with Crippen LogP contribution in [0.1, 0.15) is 55.7 Å². The van der Waals surface area contributed by atoms with Gasteiger partial charge in [-0.2, -0.15) is 0 Å². The van der Waals surface area contributed by atoms with Gasteiger partial charge in [0.1, 0.15) is 18.1 Å². The minimum atomic E-state index is -0.212. The molecule has 0 saturated heterocycles. The summed E-state index contributed by atoms with van der Waals surface area (Å²) in [6.07, 6.45) is 3.77. The van der Waals surface area contributed by atoms with E-state index in [-0.39, 0.29) is 5.97 Å². The second-order valence-corrected chi connectivity index (χ2v) is 7.48. The largest absolute Gasteiger partial charge is 0.489 e. The number of benzene rings is 2. The van der Waals surface area contributed by atoms with E-state index in [4.69, 9.17) is 9.47 Å². The molecule has 1 saturated carbocycles. The Hall–Kier alpha value is -1.56. The summed E-state index contributed by atoms with van der Waals surface area (Å²) in [5.74, 6) is 1.84. The number of aryl methyl sites for hydroxylation is 1. The molecule has 0 amide bonds. The lowest BCUT2D eigenvalue weighted by molar-refractivity contribution is -0.134. The lowest BCUT2D eigenvalue weighted by Gasteiger charge is -2.16. The molecule has 0 heterocycles. The van der Waals surface area contributed by atoms with Crippen molar-refractivity contribution in [3.8, 4) is 11.5 Å². The second-order valence-electron chi connectivity index (χ2n) is 6.32. The Labute approximate surface area is 162 Å². The zero-order valence-corrected chi connectivity index (χ0v) is 16.8. The first kappa shape index (κ1) is 18.2. The summed E-state index contributed by atoms with van der Waals surface area (Å²) in [4.78, 5) is 11.8. The molecule has 25 heavy (non-hydrogen) atoms. The maximum atomic E-state index is 11.8. The second kappa shape index (κ2) is 8.21. The topological polar surface area (TPSA) is 35.5 Å². The SMILES string of the molecule is CCC(=O)Oc1cccc(C2CC2)c1COc1ccc(CC)c(I)c1. The summed E-state index contributed by atoms with van der Waals surface area (Å²) in [5.41, 5.74) is 3.58. The van der Waals surface area contributed by atoms with E-state index < -0.39 is 0 Å². The first-order valence-electron chi connectivity index (χ1n) is 8.86. The Bertz CT molecular complexity index is 766. The van der Waals surface area contributed by atoms with E-state index in [0.717, 1.165) is 17.7 Å². The van der Waals surface area contributed by atoms with Gasteiger partial charge < -0.3 is 9.47 Å². The first-order valence-corrected chi connectivity index (χ1v) is 9.93. The van der Waals surface area contributed by atoms with Crippen LogP contribution in [0.2, 0.25) is 0 Å². The molecule has 0 atom stereocenters. The molecule has 2 aromatic rings. The highest BCUT2D eigenvalue weighted by atomic mass is 127. The number of carbonyl (C=O) groups is 1. The minimum absolute atomic E-state index is 0.212. The van der Waals surface area contributed by atoms with Crippen molar-refractivity contribution in [2.75, 3.05) is 0 Å². The van der Waals surface area contributed by atoms with Crippen molar-refractivity contribution in [1.29, 1.82) is 0 Å². The standard InChI is InChI=1S/C21H23IO3/c1-3-14-10-11-16(12-19(14)22)24-13-18-17(15-8-9-15)6-5-7-20(18)25-21(23)4-2/h5-7,10-12,15H,3-4,8-9,13H2,1-2H3. The van der Waals surface area contributed by atoms with Crippen molar-refractivity contribution in [3.63, 3.8) is 0 Å². The predicted octanol–water partition coefficient (Wildman–Crippen LogP) is 5.63. The minimum Gasteiger partial charge on any atom is -0.489 e. The molecule has 0 N–H and O–H groups in total. The number of halogens is 1. The Balaban J connectivity index is 1.82. The number of esters is 1. The van der Waals surface area contributed by atoms with E-state index >= 15 is 0 Å². The average Bonchev–Trinajstić information content (AvgIpc) is 3.45. The van der Waals surface area contributed by atoms with Crippen LogP contribution in [0, 0.1) is 3.57 Å². The number of rotatable bonds is 7. The predicted molar refractivity (Wildman–Crippen MR) is 107 cm³/mol. The molecular formula is C21H23IO3. The third kappa shape index (κ3) is 4.54. The third-order valence-corrected chi connectivity index (χ3v) is 5.49. The molecule has 2 aromatic carbocycles. The molecule has 3 nitrogen and oxygen atoms in total. The molecular weight excluding hydrogens is 427 g/mol. The van der Waals surface area contributed by atoms with Gasteiger partial charge in [0.15, 0.2) is 0 Å². The molecule has 4 heteroatoms. The molecule has 3 rings (SSSR count). The Morgan fingerprint density at radius 2 is 2.00 bits per heavy atom. The Morgan fingerprint density at radius 3 is 2.64 bits per heavy atom. The van der Waals surface area contributed by atoms with Gasteiger partial charge in [0.05, 0.1) is 0 Å². The van der Waals surface area contributed by atoms with Crippen molar-refractivity contribution in [2.45, 2.75) is 52.1 Å². The average molecular weight is 450 g/mol. The summed E-state index contributed by atoms with van der Waals surface area (Å²) >= 11 is 2.35. The van der Waals surface area contributed by atoms with Gasteiger partial charge in [-0.1, -0.05) is 32.0 Å². The summed E-state index contributed by atoms with van der Waals surface area (Å²) in [5, 5.41) is 0. The van der Waals surface area contributed by atoms with Gasteiger partial charge in [-0.15, -0.1) is 0 Å². The molecule has 0 bridgehead atoms. The molecule has 132 valence electrons. The molecule has 0 aromatic heterocycles. The fourth-order valence-electron chi connectivity index (χ4n) is 2.86. The number of ether oxygens (including phenoxy) is 2. The number of carbonyl (C=O) groups excluding carboxylic acids is 1. The van der Waals surface area contributed by atoms with Gasteiger partial charge in [-0.05, 0) is 77.1 Å². The van der Waals surface area contributed by atoms with Crippen molar-refractivity contribution < 1.29 is 14.3 Å². The summed E-state index contributed by atoms with van der Waals surface area (Å²) in [6, 6.07) is 12.2. The van der Waals surface area contributed by atoms with Crippen LogP contribution in [-0.2, 0) is 17.8 Å². The smallest absolute Gasteiger partial charge is 0.310 e. The molecule has 1 fully saturated rings. The monoisotopic (exact) mass is 450 g/mol. The van der Waals surface area contributed by atoms with Crippen LogP contribution < -0.4 is 9.47 Å². The van der Waals surface area contributed by atoms with Crippen LogP contribution in [0.15, 0.2) is 36.4 Å². The van der Waals surface area contributed by atoms with E-state index in [9.17, 15) is 4.79 Å². The normalized spacial score (nSPS) is 13.6. The van der Waals surface area contributed by atoms with Gasteiger partial charge in [0, 0.05) is 15.6 Å². The van der Waals surface area contributed by atoms with E-state index in [1.165, 1.54) is 27.5 Å². The molecule has 1 aliphatic rings. The van der Waals surface area contributed by atoms with E-state index in [1.807, 2.05) is 18.2 Å². The van der Waals surface area contributed by atoms with Crippen LogP contribution in [0.5, 0.6) is 11.5 Å². The summed E-state index contributed by atoms with van der Waals surface area (Å²) < 4.78 is 12.8. The van der Waals surface area contributed by atoms with E-state index in [0.29, 0.717) is 24.7 Å². The van der Waals surface area contributed by atoms with Crippen LogP contribution in [0.4, 0.5) is 0 Å². The highest BCUT2D eigenvalue weighted by Gasteiger charge is 2.28. The van der Waals surface area contributed by atoms with Crippen molar-refractivity contribution >= 4 is 28.6 Å². The van der Waals surface area contributed by atoms with Gasteiger partial charge >= 0.3 is 5.97 Å². The van der Waals surface area contributed by atoms with Crippen molar-refractivity contribution in [3.05, 3.63) is 56.7 Å². The fraction of sp³-hybridized carbons (Fsp3) is 0.381.